The predicted molar refractivity (Wildman–Crippen MR) is 126 cm³/mol. The largest absolute Gasteiger partial charge is 0.416 e. The minimum absolute atomic E-state index is 0.0485. The van der Waals surface area contributed by atoms with Crippen LogP contribution in [0.3, 0.4) is 0 Å². The Morgan fingerprint density at radius 3 is 2.74 bits per heavy atom. The Labute approximate surface area is 198 Å². The summed E-state index contributed by atoms with van der Waals surface area (Å²) in [6.45, 7) is 1.70. The second-order valence-corrected chi connectivity index (χ2v) is 8.36. The summed E-state index contributed by atoms with van der Waals surface area (Å²) in [7, 11) is 0. The number of nitrogens with zero attached hydrogens (tertiary/aromatic N) is 4. The molecule has 0 aliphatic carbocycles. The molecule has 35 heavy (non-hydrogen) atoms. The Morgan fingerprint density at radius 2 is 1.97 bits per heavy atom. The molecule has 1 saturated heterocycles. The lowest BCUT2D eigenvalue weighted by Crippen LogP contribution is -2.32. The predicted octanol–water partition coefficient (Wildman–Crippen LogP) is 4.27. The fourth-order valence-corrected chi connectivity index (χ4v) is 4.28. The van der Waals surface area contributed by atoms with E-state index >= 15 is 0 Å². The van der Waals surface area contributed by atoms with Crippen LogP contribution in [0.2, 0.25) is 0 Å². The van der Waals surface area contributed by atoms with E-state index in [9.17, 15) is 18.0 Å². The number of benzene rings is 2. The molecule has 11 heteroatoms. The van der Waals surface area contributed by atoms with Crippen molar-refractivity contribution < 1.29 is 18.0 Å². The molecule has 180 valence electrons. The number of fused-ring (bicyclic) bond motifs is 1. The summed E-state index contributed by atoms with van der Waals surface area (Å²) in [5, 5.41) is 11.3. The first-order valence-corrected chi connectivity index (χ1v) is 11.1. The maximum atomic E-state index is 13.0. The van der Waals surface area contributed by atoms with Crippen molar-refractivity contribution in [3.05, 3.63) is 66.0 Å². The van der Waals surface area contributed by atoms with Gasteiger partial charge in [0.25, 0.3) is 5.91 Å². The minimum atomic E-state index is -4.50. The molecule has 8 nitrogen and oxygen atoms in total. The van der Waals surface area contributed by atoms with Crippen molar-refractivity contribution in [1.82, 2.24) is 25.1 Å². The standard InChI is InChI=1S/C24H22F3N7O/c25-24(26,27)16-6-2-7-17(11-16)32-23(35)15-5-1-4-14(10-15)20-19-21(28)30-13-31-22(19)34(33-20)18-8-3-9-29-12-18/h1-2,4-7,10-11,13,18,29H,3,8-9,12H2,(H,32,35)(H2,28,30,31)/t18-/m1/s1. The van der Waals surface area contributed by atoms with Crippen LogP contribution in [-0.4, -0.2) is 38.7 Å². The van der Waals surface area contributed by atoms with Crippen LogP contribution in [0.25, 0.3) is 22.3 Å². The Bertz CT molecular complexity index is 1390. The van der Waals surface area contributed by atoms with Gasteiger partial charge in [0.1, 0.15) is 17.8 Å². The molecule has 0 spiro atoms. The number of anilines is 2. The van der Waals surface area contributed by atoms with Gasteiger partial charge in [-0.25, -0.2) is 14.6 Å². The minimum Gasteiger partial charge on any atom is -0.383 e. The van der Waals surface area contributed by atoms with Gasteiger partial charge in [-0.15, -0.1) is 0 Å². The van der Waals surface area contributed by atoms with E-state index in [1.54, 1.807) is 24.3 Å². The fourth-order valence-electron chi connectivity index (χ4n) is 4.28. The summed E-state index contributed by atoms with van der Waals surface area (Å²) < 4.78 is 40.9. The average Bonchev–Trinajstić information content (AvgIpc) is 3.25. The first kappa shape index (κ1) is 22.8. The van der Waals surface area contributed by atoms with Crippen LogP contribution in [0.1, 0.15) is 34.8 Å². The van der Waals surface area contributed by atoms with Crippen molar-refractivity contribution in [2.45, 2.75) is 25.1 Å². The Morgan fingerprint density at radius 1 is 1.14 bits per heavy atom. The fraction of sp³-hybridized carbons (Fsp3) is 0.250. The highest BCUT2D eigenvalue weighted by Crippen LogP contribution is 2.34. The number of nitrogen functional groups attached to an aromatic ring is 1. The molecule has 5 rings (SSSR count). The van der Waals surface area contributed by atoms with Crippen LogP contribution in [0.4, 0.5) is 24.7 Å². The highest BCUT2D eigenvalue weighted by molar-refractivity contribution is 6.06. The van der Waals surface area contributed by atoms with Crippen molar-refractivity contribution >= 4 is 28.4 Å². The lowest BCUT2D eigenvalue weighted by atomic mass is 10.1. The highest BCUT2D eigenvalue weighted by Gasteiger charge is 2.30. The van der Waals surface area contributed by atoms with Gasteiger partial charge in [-0.2, -0.15) is 18.3 Å². The Balaban J connectivity index is 1.49. The Kier molecular flexibility index (Phi) is 5.85. The van der Waals surface area contributed by atoms with E-state index in [0.717, 1.165) is 38.1 Å². The second-order valence-electron chi connectivity index (χ2n) is 8.36. The number of alkyl halides is 3. The average molecular weight is 481 g/mol. The zero-order valence-corrected chi connectivity index (χ0v) is 18.5. The lowest BCUT2D eigenvalue weighted by molar-refractivity contribution is -0.137. The molecule has 0 bridgehead atoms. The second kappa shape index (κ2) is 8.99. The number of nitrogens with one attached hydrogen (secondary N) is 2. The van der Waals surface area contributed by atoms with Crippen LogP contribution >= 0.6 is 0 Å². The molecule has 4 aromatic rings. The van der Waals surface area contributed by atoms with E-state index in [-0.39, 0.29) is 23.1 Å². The molecular weight excluding hydrogens is 459 g/mol. The summed E-state index contributed by atoms with van der Waals surface area (Å²) in [4.78, 5) is 21.4. The van der Waals surface area contributed by atoms with E-state index < -0.39 is 17.6 Å². The molecule has 1 amide bonds. The number of amides is 1. The van der Waals surface area contributed by atoms with E-state index in [1.807, 2.05) is 4.68 Å². The van der Waals surface area contributed by atoms with Gasteiger partial charge in [0.15, 0.2) is 5.65 Å². The number of halogens is 3. The van der Waals surface area contributed by atoms with Crippen LogP contribution in [-0.2, 0) is 6.18 Å². The van der Waals surface area contributed by atoms with Crippen LogP contribution in [0, 0.1) is 0 Å². The summed E-state index contributed by atoms with van der Waals surface area (Å²) in [5.74, 6) is -0.269. The number of rotatable bonds is 4. The molecule has 3 heterocycles. The van der Waals surface area contributed by atoms with Gasteiger partial charge in [-0.05, 0) is 49.7 Å². The number of nitrogens with two attached hydrogens (primary N) is 1. The first-order chi connectivity index (χ1) is 16.8. The third-order valence-corrected chi connectivity index (χ3v) is 5.98. The van der Waals surface area contributed by atoms with E-state index in [0.29, 0.717) is 22.3 Å². The normalized spacial score (nSPS) is 16.4. The number of hydrogen-bond donors (Lipinski definition) is 3. The smallest absolute Gasteiger partial charge is 0.383 e. The molecule has 4 N–H and O–H groups in total. The van der Waals surface area contributed by atoms with Crippen molar-refractivity contribution in [2.75, 3.05) is 24.1 Å². The summed E-state index contributed by atoms with van der Waals surface area (Å²) >= 11 is 0. The van der Waals surface area contributed by atoms with E-state index in [2.05, 4.69) is 20.6 Å². The SMILES string of the molecule is Nc1ncnc2c1c(-c1cccc(C(=O)Nc3cccc(C(F)(F)F)c3)c1)nn2[C@@H]1CCCNC1. The van der Waals surface area contributed by atoms with Crippen molar-refractivity contribution in [1.29, 1.82) is 0 Å². The zero-order valence-electron chi connectivity index (χ0n) is 18.5. The molecule has 0 radical (unpaired) electrons. The quantitative estimate of drug-likeness (QED) is 0.402. The van der Waals surface area contributed by atoms with Crippen LogP contribution in [0.5, 0.6) is 0 Å². The van der Waals surface area contributed by atoms with Gasteiger partial charge in [-0.1, -0.05) is 18.2 Å². The van der Waals surface area contributed by atoms with Crippen molar-refractivity contribution in [2.24, 2.45) is 0 Å². The number of piperidine rings is 1. The Hall–Kier alpha value is -3.99. The third-order valence-electron chi connectivity index (χ3n) is 5.98. The molecule has 2 aromatic heterocycles. The van der Waals surface area contributed by atoms with Crippen molar-refractivity contribution in [3.63, 3.8) is 0 Å². The first-order valence-electron chi connectivity index (χ1n) is 11.1. The monoisotopic (exact) mass is 481 g/mol. The molecule has 1 fully saturated rings. The van der Waals surface area contributed by atoms with Gasteiger partial charge in [0, 0.05) is 23.4 Å². The molecule has 1 atom stereocenters. The summed E-state index contributed by atoms with van der Waals surface area (Å²) in [6, 6.07) is 11.3. The topological polar surface area (TPSA) is 111 Å². The van der Waals surface area contributed by atoms with Crippen molar-refractivity contribution in [3.8, 4) is 11.3 Å². The third kappa shape index (κ3) is 4.54. The highest BCUT2D eigenvalue weighted by atomic mass is 19.4. The van der Waals surface area contributed by atoms with Gasteiger partial charge >= 0.3 is 6.18 Å². The zero-order chi connectivity index (χ0) is 24.6. The molecule has 1 aliphatic rings. The summed E-state index contributed by atoms with van der Waals surface area (Å²) in [6.07, 6.45) is -1.16. The van der Waals surface area contributed by atoms with Gasteiger partial charge in [0.2, 0.25) is 0 Å². The molecular formula is C24H22F3N7O. The van der Waals surface area contributed by atoms with Gasteiger partial charge < -0.3 is 16.4 Å². The van der Waals surface area contributed by atoms with Gasteiger partial charge in [0.05, 0.1) is 17.0 Å². The number of hydrogen-bond acceptors (Lipinski definition) is 6. The number of carbonyl (C=O) groups excluding carboxylic acids is 1. The summed E-state index contributed by atoms with van der Waals surface area (Å²) in [5.41, 5.74) is 7.44. The lowest BCUT2D eigenvalue weighted by Gasteiger charge is -2.23. The molecule has 0 unspecified atom stereocenters. The number of carbonyl (C=O) groups is 1. The number of aromatic nitrogens is 4. The molecule has 2 aromatic carbocycles. The van der Waals surface area contributed by atoms with Gasteiger partial charge in [-0.3, -0.25) is 4.79 Å². The maximum Gasteiger partial charge on any atom is 0.416 e. The van der Waals surface area contributed by atoms with Crippen LogP contribution in [0.15, 0.2) is 54.9 Å². The van der Waals surface area contributed by atoms with E-state index in [4.69, 9.17) is 10.8 Å². The maximum absolute atomic E-state index is 13.0. The van der Waals surface area contributed by atoms with Crippen LogP contribution < -0.4 is 16.4 Å². The molecule has 1 aliphatic heterocycles. The molecule has 0 saturated carbocycles. The van der Waals surface area contributed by atoms with E-state index in [1.165, 1.54) is 18.5 Å².